The van der Waals surface area contributed by atoms with Crippen LogP contribution in [0.2, 0.25) is 0 Å². The van der Waals surface area contributed by atoms with Crippen molar-refractivity contribution in [3.63, 3.8) is 0 Å². The summed E-state index contributed by atoms with van der Waals surface area (Å²) >= 11 is 0. The van der Waals surface area contributed by atoms with E-state index in [0.717, 1.165) is 0 Å². The van der Waals surface area contributed by atoms with Crippen LogP contribution in [0.3, 0.4) is 0 Å². The largest absolute Gasteiger partial charge is 0.379 e. The molecule has 4 aromatic rings. The molecule has 6 N–H and O–H groups in total. The lowest BCUT2D eigenvalue weighted by Gasteiger charge is -2.11. The molecule has 0 bridgehead atoms. The van der Waals surface area contributed by atoms with Crippen LogP contribution in [0.25, 0.3) is 5.82 Å². The van der Waals surface area contributed by atoms with Crippen LogP contribution in [-0.2, 0) is 6.54 Å². The Morgan fingerprint density at radius 3 is 2.76 bits per heavy atom. The number of carbonyl (C=O) groups is 2. The Kier molecular flexibility index (Phi) is 5.97. The molecule has 0 aliphatic carbocycles. The third kappa shape index (κ3) is 4.63. The van der Waals surface area contributed by atoms with Gasteiger partial charge in [-0.3, -0.25) is 14.6 Å². The zero-order valence-corrected chi connectivity index (χ0v) is 16.9. The van der Waals surface area contributed by atoms with Gasteiger partial charge >= 0.3 is 0 Å². The molecule has 14 heteroatoms. The Bertz CT molecular complexity index is 1310. The van der Waals surface area contributed by atoms with Gasteiger partial charge in [-0.1, -0.05) is 23.4 Å². The Labute approximate surface area is 185 Å². The number of anilines is 2. The SMILES string of the molecule is NC(=O)c1ccccc1NCc1c(C(=O)N/N=C\c2cccnc2)nnn1-c1nonc1N. The molecule has 0 radical (unpaired) electrons. The van der Waals surface area contributed by atoms with Gasteiger partial charge in [0, 0.05) is 23.6 Å². The summed E-state index contributed by atoms with van der Waals surface area (Å²) in [6, 6.07) is 10.1. The highest BCUT2D eigenvalue weighted by atomic mass is 16.6. The second kappa shape index (κ2) is 9.34. The molecule has 0 saturated heterocycles. The van der Waals surface area contributed by atoms with Crippen LogP contribution < -0.4 is 22.2 Å². The Morgan fingerprint density at radius 1 is 1.18 bits per heavy atom. The van der Waals surface area contributed by atoms with Crippen molar-refractivity contribution in [3.8, 4) is 5.82 Å². The number of carbonyl (C=O) groups excluding carboxylic acids is 2. The van der Waals surface area contributed by atoms with Gasteiger partial charge < -0.3 is 16.8 Å². The zero-order valence-electron chi connectivity index (χ0n) is 16.9. The molecule has 166 valence electrons. The summed E-state index contributed by atoms with van der Waals surface area (Å²) in [7, 11) is 0. The van der Waals surface area contributed by atoms with Crippen LogP contribution >= 0.6 is 0 Å². The van der Waals surface area contributed by atoms with E-state index in [1.54, 1.807) is 48.8 Å². The quantitative estimate of drug-likeness (QED) is 0.212. The van der Waals surface area contributed by atoms with Gasteiger partial charge in [0.1, 0.15) is 0 Å². The molecule has 1 aromatic carbocycles. The van der Waals surface area contributed by atoms with E-state index in [9.17, 15) is 9.59 Å². The minimum atomic E-state index is -0.642. The lowest BCUT2D eigenvalue weighted by atomic mass is 10.1. The van der Waals surface area contributed by atoms with Crippen molar-refractivity contribution in [1.82, 2.24) is 35.7 Å². The number of primary amides is 1. The van der Waals surface area contributed by atoms with Gasteiger partial charge in [0.25, 0.3) is 11.8 Å². The molecule has 3 heterocycles. The van der Waals surface area contributed by atoms with E-state index in [1.165, 1.54) is 10.9 Å². The first kappa shape index (κ1) is 21.1. The molecule has 0 aliphatic rings. The standard InChI is InChI=1S/C19H17N11O3/c20-16-18(28-33-27-16)30-14(10-23-13-6-2-1-5-12(13)17(21)31)15(25-29-30)19(32)26-24-9-11-4-3-7-22-8-11/h1-9,23H,10H2,(H2,20,27)(H2,21,31)(H,26,32)/b24-9-. The maximum Gasteiger partial charge on any atom is 0.293 e. The lowest BCUT2D eigenvalue weighted by Crippen LogP contribution is -2.22. The average molecular weight is 447 g/mol. The normalized spacial score (nSPS) is 10.9. The first-order valence-electron chi connectivity index (χ1n) is 9.43. The number of hydrogen-bond donors (Lipinski definition) is 4. The summed E-state index contributed by atoms with van der Waals surface area (Å²) in [6.45, 7) is -0.00132. The smallest absolute Gasteiger partial charge is 0.293 e. The fraction of sp³-hybridized carbons (Fsp3) is 0.0526. The van der Waals surface area contributed by atoms with Crippen molar-refractivity contribution in [2.24, 2.45) is 10.8 Å². The number of hydrogen-bond acceptors (Lipinski definition) is 11. The Balaban J connectivity index is 1.62. The molecule has 3 aromatic heterocycles. The van der Waals surface area contributed by atoms with E-state index in [1.807, 2.05) is 0 Å². The second-order valence-electron chi connectivity index (χ2n) is 6.52. The highest BCUT2D eigenvalue weighted by Gasteiger charge is 2.24. The second-order valence-corrected chi connectivity index (χ2v) is 6.52. The van der Waals surface area contributed by atoms with Crippen LogP contribution in [0.15, 0.2) is 58.5 Å². The molecule has 4 rings (SSSR count). The zero-order chi connectivity index (χ0) is 23.2. The van der Waals surface area contributed by atoms with E-state index in [-0.39, 0.29) is 35.1 Å². The van der Waals surface area contributed by atoms with Gasteiger partial charge in [-0.25, -0.2) is 10.1 Å². The van der Waals surface area contributed by atoms with Crippen LogP contribution in [0.4, 0.5) is 11.5 Å². The number of nitrogens with zero attached hydrogens (tertiary/aromatic N) is 7. The van der Waals surface area contributed by atoms with Gasteiger partial charge in [-0.2, -0.15) is 9.78 Å². The molecule has 14 nitrogen and oxygen atoms in total. The number of aromatic nitrogens is 6. The van der Waals surface area contributed by atoms with Gasteiger partial charge in [0.05, 0.1) is 24.0 Å². The fourth-order valence-corrected chi connectivity index (χ4v) is 2.85. The van der Waals surface area contributed by atoms with Crippen molar-refractivity contribution >= 4 is 29.5 Å². The average Bonchev–Trinajstić information content (AvgIpc) is 3.44. The molecule has 0 unspecified atom stereocenters. The predicted molar refractivity (Wildman–Crippen MR) is 115 cm³/mol. The highest BCUT2D eigenvalue weighted by Crippen LogP contribution is 2.19. The molecule has 0 saturated carbocycles. The number of rotatable bonds is 8. The molecule has 0 spiro atoms. The van der Waals surface area contributed by atoms with Gasteiger partial charge in [0.15, 0.2) is 5.69 Å². The number of hydrazone groups is 1. The fourth-order valence-electron chi connectivity index (χ4n) is 2.85. The van der Waals surface area contributed by atoms with Crippen molar-refractivity contribution < 1.29 is 14.2 Å². The van der Waals surface area contributed by atoms with Gasteiger partial charge in [0.2, 0.25) is 11.6 Å². The van der Waals surface area contributed by atoms with Crippen LogP contribution in [-0.4, -0.2) is 48.3 Å². The van der Waals surface area contributed by atoms with E-state index in [2.05, 4.69) is 46.1 Å². The van der Waals surface area contributed by atoms with Crippen molar-refractivity contribution in [3.05, 3.63) is 71.3 Å². The maximum atomic E-state index is 12.8. The number of amides is 2. The molecule has 2 amide bonds. The highest BCUT2D eigenvalue weighted by molar-refractivity contribution is 5.98. The van der Waals surface area contributed by atoms with Crippen LogP contribution in [0.1, 0.15) is 32.1 Å². The number of nitrogens with one attached hydrogen (secondary N) is 2. The Hall–Kier alpha value is -5.14. The number of nitrogen functional groups attached to an aromatic ring is 1. The Morgan fingerprint density at radius 2 is 2.03 bits per heavy atom. The van der Waals surface area contributed by atoms with Crippen LogP contribution in [0.5, 0.6) is 0 Å². The number of nitrogens with two attached hydrogens (primary N) is 2. The first-order chi connectivity index (χ1) is 16.0. The monoisotopic (exact) mass is 447 g/mol. The summed E-state index contributed by atoms with van der Waals surface area (Å²) in [4.78, 5) is 28.4. The van der Waals surface area contributed by atoms with E-state index in [4.69, 9.17) is 11.5 Å². The first-order valence-corrected chi connectivity index (χ1v) is 9.43. The van der Waals surface area contributed by atoms with Crippen molar-refractivity contribution in [2.75, 3.05) is 11.1 Å². The summed E-state index contributed by atoms with van der Waals surface area (Å²) in [6.07, 6.45) is 4.63. The van der Waals surface area contributed by atoms with Crippen molar-refractivity contribution in [2.45, 2.75) is 6.54 Å². The van der Waals surface area contributed by atoms with Crippen LogP contribution in [0, 0.1) is 0 Å². The topological polar surface area (TPSA) is 205 Å². The predicted octanol–water partition coefficient (Wildman–Crippen LogP) is 0.102. The third-order valence-corrected chi connectivity index (χ3v) is 4.38. The summed E-state index contributed by atoms with van der Waals surface area (Å²) in [5.41, 5.74) is 15.2. The molecular weight excluding hydrogens is 430 g/mol. The molecule has 0 atom stereocenters. The summed E-state index contributed by atoms with van der Waals surface area (Å²) in [5, 5.41) is 22.1. The van der Waals surface area contributed by atoms with Gasteiger partial charge in [-0.15, -0.1) is 5.10 Å². The number of para-hydroxylation sites is 1. The lowest BCUT2D eigenvalue weighted by molar-refractivity contribution is 0.0947. The van der Waals surface area contributed by atoms with E-state index in [0.29, 0.717) is 11.3 Å². The summed E-state index contributed by atoms with van der Waals surface area (Å²) in [5.74, 6) is -1.27. The number of pyridine rings is 1. The van der Waals surface area contributed by atoms with E-state index < -0.39 is 11.8 Å². The minimum absolute atomic E-state index is 0.00132. The third-order valence-electron chi connectivity index (χ3n) is 4.38. The number of benzene rings is 1. The van der Waals surface area contributed by atoms with Gasteiger partial charge in [-0.05, 0) is 28.5 Å². The molecule has 33 heavy (non-hydrogen) atoms. The van der Waals surface area contributed by atoms with E-state index >= 15 is 0 Å². The molecule has 0 fully saturated rings. The molecule has 0 aliphatic heterocycles. The maximum absolute atomic E-state index is 12.8. The van der Waals surface area contributed by atoms with Crippen molar-refractivity contribution in [1.29, 1.82) is 0 Å². The minimum Gasteiger partial charge on any atom is -0.379 e. The molecular formula is C19H17N11O3. The summed E-state index contributed by atoms with van der Waals surface area (Å²) < 4.78 is 5.83.